The van der Waals surface area contributed by atoms with Gasteiger partial charge in [-0.1, -0.05) is 0 Å². The van der Waals surface area contributed by atoms with Gasteiger partial charge in [0.15, 0.2) is 0 Å². The highest BCUT2D eigenvalue weighted by molar-refractivity contribution is 6.13. The van der Waals surface area contributed by atoms with E-state index < -0.39 is 0 Å². The molecule has 2 nitrogen and oxygen atoms in total. The molecular weight excluding hydrogens is 111 g/mol. The number of hydrogen-bond acceptors (Lipinski definition) is 1. The van der Waals surface area contributed by atoms with Crippen molar-refractivity contribution in [1.29, 1.82) is 0 Å². The predicted molar refractivity (Wildman–Crippen MR) is 40.1 cm³/mol. The minimum Gasteiger partial charge on any atom is -0.340 e. The lowest BCUT2D eigenvalue weighted by atomic mass is 9.82. The maximum atomic E-state index is 3.95. The molecule has 0 bridgehead atoms. The fourth-order valence-corrected chi connectivity index (χ4v) is 0.656. The molecule has 0 aliphatic carbocycles. The van der Waals surface area contributed by atoms with Crippen LogP contribution in [0.5, 0.6) is 0 Å². The van der Waals surface area contributed by atoms with Gasteiger partial charge >= 0.3 is 0 Å². The van der Waals surface area contributed by atoms with Crippen LogP contribution in [0, 0.1) is 0 Å². The van der Waals surface area contributed by atoms with Crippen LogP contribution in [-0.4, -0.2) is 17.4 Å². The van der Waals surface area contributed by atoms with Crippen LogP contribution in [0.4, 0.5) is 0 Å². The first-order valence-electron chi connectivity index (χ1n) is 3.09. The van der Waals surface area contributed by atoms with Gasteiger partial charge in [-0.05, 0) is 13.8 Å². The lowest BCUT2D eigenvalue weighted by Crippen LogP contribution is -2.24. The fourth-order valence-electron chi connectivity index (χ4n) is 0.656. The first-order chi connectivity index (χ1) is 4.11. The van der Waals surface area contributed by atoms with Gasteiger partial charge in [-0.3, -0.25) is 0 Å². The molecule has 48 valence electrons. The van der Waals surface area contributed by atoms with Crippen LogP contribution in [0.3, 0.4) is 0 Å². The quantitative estimate of drug-likeness (QED) is 0.487. The van der Waals surface area contributed by atoms with Crippen molar-refractivity contribution in [3.63, 3.8) is 0 Å². The summed E-state index contributed by atoms with van der Waals surface area (Å²) in [6.45, 7) is 4.30. The van der Waals surface area contributed by atoms with Crippen LogP contribution in [0.25, 0.3) is 0 Å². The molecule has 0 N–H and O–H groups in total. The van der Waals surface area contributed by atoms with Crippen LogP contribution in [0.2, 0.25) is 0 Å². The maximum absolute atomic E-state index is 3.95. The summed E-state index contributed by atoms with van der Waals surface area (Å²) in [5, 5.41) is 0. The molecule has 1 aromatic rings. The van der Waals surface area contributed by atoms with E-state index >= 15 is 0 Å². The minimum atomic E-state index is 0.177. The highest BCUT2D eigenvalue weighted by Crippen LogP contribution is 2.06. The Kier molecular flexibility index (Phi) is 1.35. The molecule has 9 heavy (non-hydrogen) atoms. The summed E-state index contributed by atoms with van der Waals surface area (Å²) in [6.07, 6.45) is 5.60. The van der Waals surface area contributed by atoms with Crippen molar-refractivity contribution in [3.05, 3.63) is 18.7 Å². The molecule has 1 heterocycles. The second kappa shape index (κ2) is 1.90. The van der Waals surface area contributed by atoms with Gasteiger partial charge in [0.25, 0.3) is 0 Å². The monoisotopic (exact) mass is 122 g/mol. The van der Waals surface area contributed by atoms with Gasteiger partial charge < -0.3 is 4.57 Å². The highest BCUT2D eigenvalue weighted by atomic mass is 15.1. The van der Waals surface area contributed by atoms with Gasteiger partial charge in [-0.2, -0.15) is 0 Å². The normalized spacial score (nSPS) is 11.8. The van der Waals surface area contributed by atoms with Crippen LogP contribution in [0.15, 0.2) is 18.7 Å². The Morgan fingerprint density at radius 2 is 2.22 bits per heavy atom. The van der Waals surface area contributed by atoms with Crippen molar-refractivity contribution in [1.82, 2.24) is 9.55 Å². The molecule has 0 saturated carbocycles. The molecule has 0 spiro atoms. The predicted octanol–water partition coefficient (Wildman–Crippen LogP) is 0.209. The summed E-state index contributed by atoms with van der Waals surface area (Å²) in [5.41, 5.74) is 0.177. The summed E-state index contributed by atoms with van der Waals surface area (Å²) in [7, 11) is 2.15. The summed E-state index contributed by atoms with van der Waals surface area (Å²) >= 11 is 0. The molecule has 0 atom stereocenters. The van der Waals surface area contributed by atoms with Crippen molar-refractivity contribution in [2.24, 2.45) is 0 Å². The Bertz CT molecular complexity index is 173. The SMILES string of the molecule is BC(C)(C)n1ccnc1. The van der Waals surface area contributed by atoms with Gasteiger partial charge in [0, 0.05) is 17.8 Å². The molecule has 0 radical (unpaired) electrons. The standard InChI is InChI=1S/C6H11BN2/c1-6(2,7)9-4-3-8-5-9/h3-5H,7H2,1-2H3. The fraction of sp³-hybridized carbons (Fsp3) is 0.500. The third-order valence-electron chi connectivity index (χ3n) is 1.28. The molecule has 0 aliphatic rings. The summed E-state index contributed by atoms with van der Waals surface area (Å²) in [6, 6.07) is 0. The van der Waals surface area contributed by atoms with Crippen molar-refractivity contribution < 1.29 is 0 Å². The second-order valence-corrected chi connectivity index (χ2v) is 3.14. The lowest BCUT2D eigenvalue weighted by Gasteiger charge is -2.19. The first-order valence-corrected chi connectivity index (χ1v) is 3.09. The molecular formula is C6H11BN2. The van der Waals surface area contributed by atoms with E-state index in [4.69, 9.17) is 0 Å². The number of hydrogen-bond donors (Lipinski definition) is 0. The summed E-state index contributed by atoms with van der Waals surface area (Å²) in [4.78, 5) is 3.95. The molecule has 1 aromatic heterocycles. The van der Waals surface area contributed by atoms with E-state index in [1.807, 2.05) is 12.5 Å². The Morgan fingerprint density at radius 1 is 1.56 bits per heavy atom. The van der Waals surface area contributed by atoms with E-state index in [0.717, 1.165) is 0 Å². The van der Waals surface area contributed by atoms with Crippen LogP contribution >= 0.6 is 0 Å². The van der Waals surface area contributed by atoms with Gasteiger partial charge in [0.05, 0.1) is 6.33 Å². The van der Waals surface area contributed by atoms with E-state index in [0.29, 0.717) is 0 Å². The number of imidazole rings is 1. The first kappa shape index (κ1) is 6.40. The zero-order chi connectivity index (χ0) is 6.91. The number of aromatic nitrogens is 2. The lowest BCUT2D eigenvalue weighted by molar-refractivity contribution is 0.521. The molecule has 1 rings (SSSR count). The van der Waals surface area contributed by atoms with E-state index in [1.165, 1.54) is 0 Å². The van der Waals surface area contributed by atoms with Crippen LogP contribution < -0.4 is 0 Å². The topological polar surface area (TPSA) is 17.8 Å². The third-order valence-corrected chi connectivity index (χ3v) is 1.28. The van der Waals surface area contributed by atoms with E-state index in [-0.39, 0.29) is 5.44 Å². The number of nitrogens with zero attached hydrogens (tertiary/aromatic N) is 2. The Hall–Kier alpha value is -0.725. The molecule has 0 aromatic carbocycles. The molecule has 0 unspecified atom stereocenters. The summed E-state index contributed by atoms with van der Waals surface area (Å²) in [5.74, 6) is 0. The van der Waals surface area contributed by atoms with Crippen LogP contribution in [-0.2, 0) is 5.44 Å². The molecule has 0 fully saturated rings. The van der Waals surface area contributed by atoms with E-state index in [2.05, 4.69) is 31.2 Å². The largest absolute Gasteiger partial charge is 0.340 e. The highest BCUT2D eigenvalue weighted by Gasteiger charge is 2.09. The molecule has 0 saturated heterocycles. The Balaban J connectivity index is 2.90. The van der Waals surface area contributed by atoms with Crippen molar-refractivity contribution >= 4 is 7.85 Å². The van der Waals surface area contributed by atoms with Gasteiger partial charge in [-0.25, -0.2) is 4.98 Å². The smallest absolute Gasteiger partial charge is 0.134 e. The average molecular weight is 122 g/mol. The Labute approximate surface area is 56.3 Å². The Morgan fingerprint density at radius 3 is 2.44 bits per heavy atom. The van der Waals surface area contributed by atoms with Crippen molar-refractivity contribution in [2.75, 3.05) is 0 Å². The van der Waals surface area contributed by atoms with Gasteiger partial charge in [-0.15, -0.1) is 0 Å². The van der Waals surface area contributed by atoms with E-state index in [1.54, 1.807) is 6.20 Å². The van der Waals surface area contributed by atoms with Crippen molar-refractivity contribution in [3.8, 4) is 0 Å². The molecule has 3 heteroatoms. The minimum absolute atomic E-state index is 0.177. The van der Waals surface area contributed by atoms with E-state index in [9.17, 15) is 0 Å². The van der Waals surface area contributed by atoms with Gasteiger partial charge in [0.2, 0.25) is 0 Å². The molecule has 0 amide bonds. The maximum Gasteiger partial charge on any atom is 0.134 e. The second-order valence-electron chi connectivity index (χ2n) is 3.14. The zero-order valence-electron chi connectivity index (χ0n) is 6.13. The zero-order valence-corrected chi connectivity index (χ0v) is 6.13. The summed E-state index contributed by atoms with van der Waals surface area (Å²) < 4.78 is 2.08. The average Bonchev–Trinajstić information content (AvgIpc) is 2.08. The van der Waals surface area contributed by atoms with Gasteiger partial charge in [0.1, 0.15) is 7.85 Å². The number of rotatable bonds is 1. The third kappa shape index (κ3) is 1.34. The van der Waals surface area contributed by atoms with Crippen molar-refractivity contribution in [2.45, 2.75) is 19.3 Å². The van der Waals surface area contributed by atoms with Crippen LogP contribution in [0.1, 0.15) is 13.8 Å². The molecule has 0 aliphatic heterocycles.